The third kappa shape index (κ3) is 4.50. The molecule has 0 unspecified atom stereocenters. The molecule has 0 amide bonds. The summed E-state index contributed by atoms with van der Waals surface area (Å²) in [5, 5.41) is 20.8. The number of hydrogen-bond donors (Lipinski definition) is 4. The van der Waals surface area contributed by atoms with Crippen LogP contribution in [0.4, 0.5) is 34.6 Å². The largest absolute Gasteiger partial charge is 0.394 e. The van der Waals surface area contributed by atoms with Crippen molar-refractivity contribution in [3.63, 3.8) is 0 Å². The Hall–Kier alpha value is -1.64. The van der Waals surface area contributed by atoms with Crippen LogP contribution in [0.5, 0.6) is 0 Å². The average Bonchev–Trinajstić information content (AvgIpc) is 3.45. The van der Waals surface area contributed by atoms with Gasteiger partial charge in [0, 0.05) is 9.64 Å². The van der Waals surface area contributed by atoms with E-state index >= 15 is 0 Å². The van der Waals surface area contributed by atoms with Crippen LogP contribution in [-0.2, 0) is 10.0 Å². The van der Waals surface area contributed by atoms with E-state index in [-0.39, 0.29) is 31.0 Å². The van der Waals surface area contributed by atoms with Gasteiger partial charge in [0.05, 0.1) is 23.1 Å². The van der Waals surface area contributed by atoms with Crippen molar-refractivity contribution >= 4 is 49.7 Å². The van der Waals surface area contributed by atoms with Gasteiger partial charge in [0.25, 0.3) is 0 Å². The molecule has 0 radical (unpaired) electrons. The van der Waals surface area contributed by atoms with Crippen LogP contribution in [0, 0.1) is 26.8 Å². The Morgan fingerprint density at radius 3 is 2.30 bits per heavy atom. The van der Waals surface area contributed by atoms with Gasteiger partial charge in [0.2, 0.25) is 10.0 Å². The summed E-state index contributed by atoms with van der Waals surface area (Å²) < 4.78 is 83.4. The molecule has 0 aliphatic heterocycles. The van der Waals surface area contributed by atoms with E-state index in [0.29, 0.717) is 3.57 Å². The summed E-state index contributed by atoms with van der Waals surface area (Å²) in [5.74, 6) is -5.46. The first-order chi connectivity index (χ1) is 14.0. The van der Waals surface area contributed by atoms with E-state index in [0.717, 1.165) is 6.07 Å². The number of nitrogens with one attached hydrogen (secondary N) is 2. The van der Waals surface area contributed by atoms with E-state index in [9.17, 15) is 31.1 Å². The molecule has 164 valence electrons. The van der Waals surface area contributed by atoms with Crippen LogP contribution in [0.15, 0.2) is 24.3 Å². The van der Waals surface area contributed by atoms with Gasteiger partial charge < -0.3 is 15.5 Å². The maximum absolute atomic E-state index is 14.5. The lowest BCUT2D eigenvalue weighted by molar-refractivity contribution is 0.0858. The molecule has 6 nitrogen and oxygen atoms in total. The molecular formula is C18H17F4IN2O4S. The highest BCUT2D eigenvalue weighted by molar-refractivity contribution is 14.1. The molecule has 0 spiro atoms. The molecule has 4 N–H and O–H groups in total. The zero-order valence-electron chi connectivity index (χ0n) is 15.2. The van der Waals surface area contributed by atoms with Gasteiger partial charge in [-0.25, -0.2) is 26.0 Å². The van der Waals surface area contributed by atoms with Crippen molar-refractivity contribution in [1.82, 2.24) is 0 Å². The predicted molar refractivity (Wildman–Crippen MR) is 111 cm³/mol. The Bertz CT molecular complexity index is 1080. The third-order valence-electron chi connectivity index (χ3n) is 4.79. The van der Waals surface area contributed by atoms with Gasteiger partial charge in [-0.15, -0.1) is 0 Å². The van der Waals surface area contributed by atoms with Crippen molar-refractivity contribution in [3.05, 3.63) is 51.1 Å². The summed E-state index contributed by atoms with van der Waals surface area (Å²) in [6.45, 7) is -0.671. The molecule has 12 heteroatoms. The summed E-state index contributed by atoms with van der Waals surface area (Å²) in [7, 11) is -4.38. The Labute approximate surface area is 183 Å². The lowest BCUT2D eigenvalue weighted by Crippen LogP contribution is -2.34. The first-order valence-electron chi connectivity index (χ1n) is 8.70. The monoisotopic (exact) mass is 560 g/mol. The molecule has 0 heterocycles. The number of halogens is 5. The zero-order chi connectivity index (χ0) is 22.3. The maximum Gasteiger partial charge on any atom is 0.238 e. The van der Waals surface area contributed by atoms with E-state index in [1.165, 1.54) is 12.1 Å². The number of benzene rings is 2. The predicted octanol–water partition coefficient (Wildman–Crippen LogP) is 3.61. The summed E-state index contributed by atoms with van der Waals surface area (Å²) in [6.07, 6.45) is -1.39. The van der Waals surface area contributed by atoms with Crippen molar-refractivity contribution in [2.75, 3.05) is 16.6 Å². The molecular weight excluding hydrogens is 543 g/mol. The number of rotatable bonds is 8. The first kappa shape index (κ1) is 23.0. The Kier molecular flexibility index (Phi) is 6.51. The van der Waals surface area contributed by atoms with E-state index in [1.54, 1.807) is 0 Å². The van der Waals surface area contributed by atoms with Crippen LogP contribution in [0.1, 0.15) is 19.3 Å². The van der Waals surface area contributed by atoms with Crippen molar-refractivity contribution < 1.29 is 36.2 Å². The Balaban J connectivity index is 2.02. The first-order valence-corrected chi connectivity index (χ1v) is 11.3. The van der Waals surface area contributed by atoms with Crippen LogP contribution in [0.3, 0.4) is 0 Å². The smallest absolute Gasteiger partial charge is 0.238 e. The highest BCUT2D eigenvalue weighted by Gasteiger charge is 2.55. The number of hydrogen-bond acceptors (Lipinski definition) is 5. The van der Waals surface area contributed by atoms with Crippen LogP contribution in [0.25, 0.3) is 0 Å². The SMILES string of the molecule is O=S(=O)(Nc1c(F)cc(F)c(F)c1Nc1ccc(I)cc1F)C1(C[C@@H](O)CO)CC1. The second kappa shape index (κ2) is 8.48. The highest BCUT2D eigenvalue weighted by atomic mass is 127. The molecule has 0 aromatic heterocycles. The van der Waals surface area contributed by atoms with Gasteiger partial charge >= 0.3 is 0 Å². The van der Waals surface area contributed by atoms with Crippen molar-refractivity contribution in [2.45, 2.75) is 30.1 Å². The minimum Gasteiger partial charge on any atom is -0.394 e. The average molecular weight is 560 g/mol. The molecule has 30 heavy (non-hydrogen) atoms. The van der Waals surface area contributed by atoms with Gasteiger partial charge in [0.1, 0.15) is 17.2 Å². The maximum atomic E-state index is 14.5. The summed E-state index contributed by atoms with van der Waals surface area (Å²) in [6, 6.07) is 3.93. The molecule has 1 fully saturated rings. The van der Waals surface area contributed by atoms with E-state index in [2.05, 4.69) is 5.32 Å². The van der Waals surface area contributed by atoms with Gasteiger partial charge in [-0.3, -0.25) is 4.72 Å². The van der Waals surface area contributed by atoms with Gasteiger partial charge in [-0.1, -0.05) is 0 Å². The number of aliphatic hydroxyl groups is 2. The van der Waals surface area contributed by atoms with Crippen LogP contribution < -0.4 is 10.0 Å². The second-order valence-corrected chi connectivity index (χ2v) is 10.3. The van der Waals surface area contributed by atoms with Crippen molar-refractivity contribution in [2.24, 2.45) is 0 Å². The normalized spacial score (nSPS) is 16.2. The van der Waals surface area contributed by atoms with E-state index < -0.39 is 62.1 Å². The molecule has 1 aliphatic rings. The van der Waals surface area contributed by atoms with Gasteiger partial charge in [-0.2, -0.15) is 0 Å². The van der Waals surface area contributed by atoms with Crippen LogP contribution in [0.2, 0.25) is 0 Å². The topological polar surface area (TPSA) is 98.7 Å². The third-order valence-corrected chi connectivity index (χ3v) is 7.65. The van der Waals surface area contributed by atoms with Crippen molar-refractivity contribution in [1.29, 1.82) is 0 Å². The fourth-order valence-electron chi connectivity index (χ4n) is 3.00. The molecule has 1 atom stereocenters. The molecule has 0 bridgehead atoms. The van der Waals surface area contributed by atoms with Crippen LogP contribution in [-0.4, -0.2) is 36.1 Å². The summed E-state index contributed by atoms with van der Waals surface area (Å²) in [5.41, 5.74) is -2.16. The number of aliphatic hydroxyl groups excluding tert-OH is 2. The molecule has 2 aromatic rings. The molecule has 1 aliphatic carbocycles. The standard InChI is InChI=1S/C18H17F4IN2O4S/c19-11-5-9(23)1-2-14(11)24-17-15(22)12(20)6-13(21)16(17)25-30(28,29)18(3-4-18)7-10(27)8-26/h1-2,5-6,10,24-27H,3-4,7-8H2/t10-/m1/s1. The summed E-state index contributed by atoms with van der Waals surface area (Å²) in [4.78, 5) is 0. The Morgan fingerprint density at radius 2 is 1.73 bits per heavy atom. The number of sulfonamides is 1. The minimum absolute atomic E-state index is 0.124. The zero-order valence-corrected chi connectivity index (χ0v) is 18.2. The quantitative estimate of drug-likeness (QED) is 0.225. The lowest BCUT2D eigenvalue weighted by atomic mass is 10.2. The Morgan fingerprint density at radius 1 is 1.07 bits per heavy atom. The number of anilines is 3. The van der Waals surface area contributed by atoms with Gasteiger partial charge in [-0.05, 0) is 60.1 Å². The van der Waals surface area contributed by atoms with E-state index in [1.807, 2.05) is 27.3 Å². The summed E-state index contributed by atoms with van der Waals surface area (Å²) >= 11 is 1.83. The fourth-order valence-corrected chi connectivity index (χ4v) is 5.19. The van der Waals surface area contributed by atoms with Crippen LogP contribution >= 0.6 is 22.6 Å². The molecule has 2 aromatic carbocycles. The molecule has 0 saturated heterocycles. The van der Waals surface area contributed by atoms with Crippen molar-refractivity contribution in [3.8, 4) is 0 Å². The van der Waals surface area contributed by atoms with E-state index in [4.69, 9.17) is 5.11 Å². The molecule has 3 rings (SSSR count). The minimum atomic E-state index is -4.38. The lowest BCUT2D eigenvalue weighted by Gasteiger charge is -2.22. The molecule has 1 saturated carbocycles. The second-order valence-electron chi connectivity index (χ2n) is 6.98. The fraction of sp³-hybridized carbons (Fsp3) is 0.333. The highest BCUT2D eigenvalue weighted by Crippen LogP contribution is 2.48. The van der Waals surface area contributed by atoms with Gasteiger partial charge in [0.15, 0.2) is 17.5 Å².